The number of nitrogens with zero attached hydrogens (tertiary/aromatic N) is 2. The summed E-state index contributed by atoms with van der Waals surface area (Å²) in [6, 6.07) is 11.1. The number of amides is 1. The van der Waals surface area contributed by atoms with Gasteiger partial charge < -0.3 is 19.0 Å². The third kappa shape index (κ3) is 3.06. The maximum atomic E-state index is 12.4. The smallest absolute Gasteiger partial charge is 0.238 e. The molecule has 1 amide bonds. The molecule has 1 saturated heterocycles. The Labute approximate surface area is 144 Å². The number of anilines is 1. The Morgan fingerprint density at radius 2 is 2.08 bits per heavy atom. The van der Waals surface area contributed by atoms with Crippen LogP contribution in [-0.4, -0.2) is 29.3 Å². The highest BCUT2D eigenvalue weighted by Crippen LogP contribution is 2.29. The average molecular weight is 339 g/mol. The number of carbonyl (C=O) groups excluding carboxylic acids is 1. The van der Waals surface area contributed by atoms with E-state index in [4.69, 9.17) is 13.7 Å². The van der Waals surface area contributed by atoms with Crippen molar-refractivity contribution in [1.29, 1.82) is 0 Å². The molecule has 3 heterocycles. The van der Waals surface area contributed by atoms with Gasteiger partial charge in [0.1, 0.15) is 0 Å². The predicted molar refractivity (Wildman–Crippen MR) is 88.8 cm³/mol. The Balaban J connectivity index is 1.52. The zero-order valence-corrected chi connectivity index (χ0v) is 13.7. The number of furan rings is 1. The number of nitrogens with one attached hydrogen (secondary N) is 1. The summed E-state index contributed by atoms with van der Waals surface area (Å²) in [6.07, 6.45) is 1.97. The first kappa shape index (κ1) is 15.6. The Morgan fingerprint density at radius 1 is 1.24 bits per heavy atom. The van der Waals surface area contributed by atoms with E-state index in [1.165, 1.54) is 0 Å². The predicted octanol–water partition coefficient (Wildman–Crippen LogP) is 2.90. The summed E-state index contributed by atoms with van der Waals surface area (Å²) in [7, 11) is 0. The van der Waals surface area contributed by atoms with Crippen LogP contribution in [0.4, 0.5) is 5.69 Å². The van der Waals surface area contributed by atoms with Crippen molar-refractivity contribution in [2.75, 3.05) is 18.5 Å². The summed E-state index contributed by atoms with van der Waals surface area (Å²) in [5.74, 6) is 1.36. The fourth-order valence-electron chi connectivity index (χ4n) is 2.60. The summed E-state index contributed by atoms with van der Waals surface area (Å²) >= 11 is 0. The van der Waals surface area contributed by atoms with E-state index in [1.807, 2.05) is 31.2 Å². The van der Waals surface area contributed by atoms with Gasteiger partial charge in [-0.2, -0.15) is 4.98 Å². The van der Waals surface area contributed by atoms with Crippen LogP contribution in [0, 0.1) is 5.41 Å². The minimum absolute atomic E-state index is 0.0481. The Kier molecular flexibility index (Phi) is 3.85. The van der Waals surface area contributed by atoms with Crippen molar-refractivity contribution in [3.05, 3.63) is 54.1 Å². The molecule has 1 aliphatic heterocycles. The summed E-state index contributed by atoms with van der Waals surface area (Å²) in [5, 5.41) is 6.90. The van der Waals surface area contributed by atoms with Gasteiger partial charge in [-0.25, -0.2) is 0 Å². The van der Waals surface area contributed by atoms with E-state index in [1.54, 1.807) is 18.4 Å². The number of aromatic nitrogens is 2. The molecular weight excluding hydrogens is 322 g/mol. The van der Waals surface area contributed by atoms with E-state index in [0.717, 1.165) is 11.3 Å². The van der Waals surface area contributed by atoms with Crippen molar-refractivity contribution in [2.24, 2.45) is 5.41 Å². The van der Waals surface area contributed by atoms with E-state index in [9.17, 15) is 4.79 Å². The van der Waals surface area contributed by atoms with Gasteiger partial charge >= 0.3 is 0 Å². The molecule has 1 N–H and O–H groups in total. The molecule has 0 saturated carbocycles. The summed E-state index contributed by atoms with van der Waals surface area (Å²) in [4.78, 5) is 16.8. The molecule has 1 aliphatic rings. The zero-order chi connectivity index (χ0) is 17.3. The van der Waals surface area contributed by atoms with Crippen LogP contribution >= 0.6 is 0 Å². The van der Waals surface area contributed by atoms with Crippen LogP contribution in [-0.2, 0) is 16.0 Å². The quantitative estimate of drug-likeness (QED) is 0.768. The second-order valence-corrected chi connectivity index (χ2v) is 6.33. The number of carbonyl (C=O) groups is 1. The van der Waals surface area contributed by atoms with Crippen molar-refractivity contribution in [1.82, 2.24) is 10.1 Å². The van der Waals surface area contributed by atoms with Gasteiger partial charge in [0.2, 0.25) is 17.6 Å². The second-order valence-electron chi connectivity index (χ2n) is 6.33. The molecule has 7 heteroatoms. The van der Waals surface area contributed by atoms with Crippen LogP contribution < -0.4 is 5.32 Å². The van der Waals surface area contributed by atoms with Crippen molar-refractivity contribution >= 4 is 11.6 Å². The van der Waals surface area contributed by atoms with Gasteiger partial charge in [0, 0.05) is 5.69 Å². The van der Waals surface area contributed by atoms with Crippen LogP contribution in [0.25, 0.3) is 11.6 Å². The highest BCUT2D eigenvalue weighted by Gasteiger charge is 2.41. The number of benzene rings is 1. The third-order valence-electron chi connectivity index (χ3n) is 4.21. The van der Waals surface area contributed by atoms with Gasteiger partial charge in [-0.15, -0.1) is 0 Å². The molecule has 0 radical (unpaired) electrons. The van der Waals surface area contributed by atoms with Crippen molar-refractivity contribution in [3.8, 4) is 11.6 Å². The Hall–Kier alpha value is -2.93. The molecule has 0 unspecified atom stereocenters. The third-order valence-corrected chi connectivity index (χ3v) is 4.21. The molecule has 25 heavy (non-hydrogen) atoms. The van der Waals surface area contributed by atoms with Crippen molar-refractivity contribution < 1.29 is 18.5 Å². The van der Waals surface area contributed by atoms with E-state index >= 15 is 0 Å². The number of ether oxygens (including phenoxy) is 1. The maximum Gasteiger partial charge on any atom is 0.238 e. The average Bonchev–Trinajstić information content (AvgIpc) is 3.25. The molecule has 0 aliphatic carbocycles. The lowest BCUT2D eigenvalue weighted by Crippen LogP contribution is -2.49. The SMILES string of the molecule is CC1(C(=O)Nc2ccccc2Cc2nc(-c3ccco3)no2)COC1. The van der Waals surface area contributed by atoms with Crippen LogP contribution in [0.1, 0.15) is 18.4 Å². The van der Waals surface area contributed by atoms with Crippen LogP contribution in [0.2, 0.25) is 0 Å². The van der Waals surface area contributed by atoms with Gasteiger partial charge in [0.15, 0.2) is 5.76 Å². The lowest BCUT2D eigenvalue weighted by Gasteiger charge is -2.36. The van der Waals surface area contributed by atoms with Gasteiger partial charge in [-0.1, -0.05) is 23.4 Å². The van der Waals surface area contributed by atoms with Gasteiger partial charge in [0.05, 0.1) is 31.3 Å². The first-order valence-corrected chi connectivity index (χ1v) is 7.98. The van der Waals surface area contributed by atoms with Gasteiger partial charge in [-0.3, -0.25) is 4.79 Å². The highest BCUT2D eigenvalue weighted by molar-refractivity contribution is 5.96. The molecule has 0 spiro atoms. The molecule has 128 valence electrons. The number of para-hydroxylation sites is 1. The summed E-state index contributed by atoms with van der Waals surface area (Å²) in [5.41, 5.74) is 1.16. The number of hydrogen-bond donors (Lipinski definition) is 1. The fourth-order valence-corrected chi connectivity index (χ4v) is 2.60. The number of hydrogen-bond acceptors (Lipinski definition) is 6. The number of rotatable bonds is 5. The molecule has 2 aromatic heterocycles. The molecule has 3 aromatic rings. The van der Waals surface area contributed by atoms with Crippen LogP contribution in [0.3, 0.4) is 0 Å². The Bertz CT molecular complexity index is 881. The van der Waals surface area contributed by atoms with Crippen molar-refractivity contribution in [3.63, 3.8) is 0 Å². The maximum absolute atomic E-state index is 12.4. The lowest BCUT2D eigenvalue weighted by atomic mass is 9.87. The van der Waals surface area contributed by atoms with Crippen molar-refractivity contribution in [2.45, 2.75) is 13.3 Å². The Morgan fingerprint density at radius 3 is 2.80 bits per heavy atom. The monoisotopic (exact) mass is 339 g/mol. The van der Waals surface area contributed by atoms with Gasteiger partial charge in [0.25, 0.3) is 0 Å². The lowest BCUT2D eigenvalue weighted by molar-refractivity contribution is -0.151. The molecule has 1 fully saturated rings. The minimum Gasteiger partial charge on any atom is -0.461 e. The summed E-state index contributed by atoms with van der Waals surface area (Å²) < 4.78 is 15.7. The first-order chi connectivity index (χ1) is 12.1. The first-order valence-electron chi connectivity index (χ1n) is 7.98. The standard InChI is InChI=1S/C18H17N3O4/c1-18(10-23-11-18)17(22)19-13-6-3-2-5-12(13)9-15-20-16(21-25-15)14-7-4-8-24-14/h2-8H,9-11H2,1H3,(H,19,22). The molecule has 0 atom stereocenters. The second kappa shape index (κ2) is 6.18. The minimum atomic E-state index is -0.468. The molecule has 1 aromatic carbocycles. The molecule has 7 nitrogen and oxygen atoms in total. The topological polar surface area (TPSA) is 90.4 Å². The van der Waals surface area contributed by atoms with E-state index in [0.29, 0.717) is 37.1 Å². The van der Waals surface area contributed by atoms with E-state index < -0.39 is 5.41 Å². The van der Waals surface area contributed by atoms with E-state index in [-0.39, 0.29) is 5.91 Å². The van der Waals surface area contributed by atoms with Crippen LogP contribution in [0.5, 0.6) is 0 Å². The fraction of sp³-hybridized carbons (Fsp3) is 0.278. The normalized spacial score (nSPS) is 15.6. The van der Waals surface area contributed by atoms with Crippen LogP contribution in [0.15, 0.2) is 51.6 Å². The molecule has 4 rings (SSSR count). The zero-order valence-electron chi connectivity index (χ0n) is 13.7. The van der Waals surface area contributed by atoms with E-state index in [2.05, 4.69) is 15.5 Å². The highest BCUT2D eigenvalue weighted by atomic mass is 16.5. The molecular formula is C18H17N3O4. The molecule has 0 bridgehead atoms. The largest absolute Gasteiger partial charge is 0.461 e. The summed E-state index contributed by atoms with van der Waals surface area (Å²) in [6.45, 7) is 2.77. The van der Waals surface area contributed by atoms with Gasteiger partial charge in [-0.05, 0) is 30.7 Å².